The van der Waals surface area contributed by atoms with Crippen LogP contribution in [0.5, 0.6) is 0 Å². The Morgan fingerprint density at radius 1 is 1.30 bits per heavy atom. The van der Waals surface area contributed by atoms with E-state index < -0.39 is 10.0 Å². The smallest absolute Gasteiger partial charge is 0.217 e. The third-order valence-electron chi connectivity index (χ3n) is 7.89. The molecule has 6 rings (SSSR count). The molecule has 0 unspecified atom stereocenters. The van der Waals surface area contributed by atoms with Crippen LogP contribution in [-0.2, 0) is 39.7 Å². The number of thiophene rings is 1. The Kier molecular flexibility index (Phi) is 5.45. The number of aromatic nitrogens is 3. The maximum atomic E-state index is 12.3. The topological polar surface area (TPSA) is 80.6 Å². The minimum absolute atomic E-state index is 0.0993. The summed E-state index contributed by atoms with van der Waals surface area (Å²) >= 11 is 1.97. The second kappa shape index (κ2) is 8.12. The lowest BCUT2D eigenvalue weighted by atomic mass is 9.79. The molecule has 0 radical (unpaired) electrons. The van der Waals surface area contributed by atoms with Gasteiger partial charge in [-0.3, -0.25) is 4.90 Å². The molecule has 1 saturated carbocycles. The summed E-state index contributed by atoms with van der Waals surface area (Å²) in [6, 6.07) is 2.89. The second-order valence-electron chi connectivity index (χ2n) is 10.2. The highest BCUT2D eigenvalue weighted by Crippen LogP contribution is 2.46. The molecule has 3 fully saturated rings. The molecular formula is C23H33N5O3S2. The first kappa shape index (κ1) is 22.2. The SMILES string of the molecule is CCc1cc2c(s1)CCO[C@@]21CCN(Cc2cn(C3CN(S(=O)(=O)C4CC4)C3)nn2)[C@@H](C)C1. The van der Waals surface area contributed by atoms with Gasteiger partial charge in [0.1, 0.15) is 0 Å². The number of nitrogens with zero attached hydrogens (tertiary/aromatic N) is 5. The minimum atomic E-state index is -3.08. The zero-order chi connectivity index (χ0) is 22.8. The summed E-state index contributed by atoms with van der Waals surface area (Å²) in [6.45, 7) is 8.13. The number of hydrogen-bond acceptors (Lipinski definition) is 7. The molecule has 0 N–H and O–H groups in total. The molecule has 10 heteroatoms. The van der Waals surface area contributed by atoms with Gasteiger partial charge in [-0.15, -0.1) is 16.4 Å². The van der Waals surface area contributed by atoms with E-state index in [0.717, 1.165) is 63.9 Å². The molecule has 0 amide bonds. The van der Waals surface area contributed by atoms with E-state index in [1.807, 2.05) is 22.2 Å². The average Bonchev–Trinajstić information content (AvgIpc) is 3.38. The number of piperidine rings is 1. The quantitative estimate of drug-likeness (QED) is 0.618. The molecule has 5 heterocycles. The van der Waals surface area contributed by atoms with E-state index in [-0.39, 0.29) is 16.9 Å². The standard InChI is InChI=1S/C23H33N5O3S2/c1-3-19-10-21-22(32-19)6-9-31-23(21)7-8-26(16(2)11-23)12-17-13-28(25-24-17)18-14-27(15-18)33(29,30)20-4-5-20/h10,13,16,18,20H,3-9,11-12,14-15H2,1-2H3/t16-,23+/m0/s1. The number of ether oxygens (including phenoxy) is 1. The number of hydrogen-bond donors (Lipinski definition) is 0. The van der Waals surface area contributed by atoms with Gasteiger partial charge in [-0.2, -0.15) is 4.31 Å². The van der Waals surface area contributed by atoms with Crippen molar-refractivity contribution in [3.05, 3.63) is 33.3 Å². The molecule has 33 heavy (non-hydrogen) atoms. The summed E-state index contributed by atoms with van der Waals surface area (Å²) in [5.74, 6) is 0. The van der Waals surface area contributed by atoms with Crippen molar-refractivity contribution in [2.75, 3.05) is 26.2 Å². The van der Waals surface area contributed by atoms with Crippen molar-refractivity contribution in [3.8, 4) is 0 Å². The molecule has 8 nitrogen and oxygen atoms in total. The summed E-state index contributed by atoms with van der Waals surface area (Å²) in [5, 5.41) is 8.60. The van der Waals surface area contributed by atoms with Crippen LogP contribution in [0.2, 0.25) is 0 Å². The molecule has 2 aromatic rings. The zero-order valence-corrected chi connectivity index (χ0v) is 21.1. The largest absolute Gasteiger partial charge is 0.370 e. The molecule has 1 spiro atoms. The van der Waals surface area contributed by atoms with Gasteiger partial charge in [0.2, 0.25) is 10.0 Å². The van der Waals surface area contributed by atoms with E-state index in [0.29, 0.717) is 19.1 Å². The monoisotopic (exact) mass is 491 g/mol. The predicted octanol–water partition coefficient (Wildman–Crippen LogP) is 2.70. The van der Waals surface area contributed by atoms with Gasteiger partial charge in [-0.1, -0.05) is 12.1 Å². The third kappa shape index (κ3) is 3.87. The minimum Gasteiger partial charge on any atom is -0.370 e. The van der Waals surface area contributed by atoms with Crippen molar-refractivity contribution < 1.29 is 13.2 Å². The van der Waals surface area contributed by atoms with Crippen molar-refractivity contribution in [1.29, 1.82) is 0 Å². The second-order valence-corrected chi connectivity index (χ2v) is 13.6. The van der Waals surface area contributed by atoms with Gasteiger partial charge < -0.3 is 4.74 Å². The van der Waals surface area contributed by atoms with Crippen LogP contribution in [0.25, 0.3) is 0 Å². The fourth-order valence-electron chi connectivity index (χ4n) is 5.65. The first-order valence-corrected chi connectivity index (χ1v) is 14.6. The number of sulfonamides is 1. The maximum absolute atomic E-state index is 12.3. The van der Waals surface area contributed by atoms with Crippen LogP contribution in [0.1, 0.15) is 66.6 Å². The normalized spacial score (nSPS) is 29.3. The number of rotatable bonds is 6. The molecule has 0 bridgehead atoms. The molecule has 2 atom stereocenters. The summed E-state index contributed by atoms with van der Waals surface area (Å²) < 4.78 is 34.6. The highest BCUT2D eigenvalue weighted by atomic mass is 32.2. The Balaban J connectivity index is 1.08. The third-order valence-corrected chi connectivity index (χ3v) is 11.6. The fourth-order valence-corrected chi connectivity index (χ4v) is 8.74. The van der Waals surface area contributed by atoms with Crippen molar-refractivity contribution in [2.24, 2.45) is 0 Å². The number of fused-ring (bicyclic) bond motifs is 2. The molecular weight excluding hydrogens is 458 g/mol. The lowest BCUT2D eigenvalue weighted by molar-refractivity contribution is -0.112. The van der Waals surface area contributed by atoms with Gasteiger partial charge in [0.25, 0.3) is 0 Å². The van der Waals surface area contributed by atoms with Gasteiger partial charge in [0.05, 0.1) is 35.4 Å². The molecule has 1 aliphatic carbocycles. The van der Waals surface area contributed by atoms with Gasteiger partial charge in [0, 0.05) is 48.4 Å². The first-order chi connectivity index (χ1) is 15.9. The fraction of sp³-hybridized carbons (Fsp3) is 0.739. The maximum Gasteiger partial charge on any atom is 0.217 e. The Hall–Kier alpha value is -1.33. The molecule has 0 aromatic carbocycles. The van der Waals surface area contributed by atoms with Crippen LogP contribution in [0.3, 0.4) is 0 Å². The van der Waals surface area contributed by atoms with E-state index in [2.05, 4.69) is 35.1 Å². The van der Waals surface area contributed by atoms with E-state index >= 15 is 0 Å². The van der Waals surface area contributed by atoms with Crippen molar-refractivity contribution in [1.82, 2.24) is 24.2 Å². The highest BCUT2D eigenvalue weighted by molar-refractivity contribution is 7.90. The van der Waals surface area contributed by atoms with Gasteiger partial charge in [-0.25, -0.2) is 13.1 Å². The highest BCUT2D eigenvalue weighted by Gasteiger charge is 2.46. The zero-order valence-electron chi connectivity index (χ0n) is 19.4. The van der Waals surface area contributed by atoms with E-state index in [4.69, 9.17) is 4.74 Å². The Bertz CT molecular complexity index is 1130. The Morgan fingerprint density at radius 2 is 2.12 bits per heavy atom. The van der Waals surface area contributed by atoms with E-state index in [9.17, 15) is 8.42 Å². The average molecular weight is 492 g/mol. The summed E-state index contributed by atoms with van der Waals surface area (Å²) in [4.78, 5) is 5.48. The summed E-state index contributed by atoms with van der Waals surface area (Å²) in [6.07, 6.45) is 7.78. The summed E-state index contributed by atoms with van der Waals surface area (Å²) in [5.41, 5.74) is 2.27. The van der Waals surface area contributed by atoms with Crippen LogP contribution in [0.15, 0.2) is 12.3 Å². The predicted molar refractivity (Wildman–Crippen MR) is 127 cm³/mol. The molecule has 2 aromatic heterocycles. The van der Waals surface area contributed by atoms with E-state index in [1.54, 1.807) is 4.31 Å². The molecule has 4 aliphatic rings. The van der Waals surface area contributed by atoms with Gasteiger partial charge >= 0.3 is 0 Å². The molecule has 180 valence electrons. The van der Waals surface area contributed by atoms with Crippen molar-refractivity contribution in [3.63, 3.8) is 0 Å². The number of likely N-dealkylation sites (tertiary alicyclic amines) is 1. The van der Waals surface area contributed by atoms with Crippen molar-refractivity contribution >= 4 is 21.4 Å². The van der Waals surface area contributed by atoms with E-state index in [1.165, 1.54) is 15.3 Å². The Morgan fingerprint density at radius 3 is 2.85 bits per heavy atom. The molecule has 2 saturated heterocycles. The lowest BCUT2D eigenvalue weighted by Gasteiger charge is -2.47. The van der Waals surface area contributed by atoms with Crippen LogP contribution < -0.4 is 0 Å². The Labute approximate surface area is 199 Å². The lowest BCUT2D eigenvalue weighted by Crippen LogP contribution is -2.51. The van der Waals surface area contributed by atoms with Crippen LogP contribution >= 0.6 is 11.3 Å². The van der Waals surface area contributed by atoms with Gasteiger partial charge in [0.15, 0.2) is 0 Å². The van der Waals surface area contributed by atoms with Crippen molar-refractivity contribution in [2.45, 2.75) is 81.9 Å². The number of aryl methyl sites for hydroxylation is 1. The summed E-state index contributed by atoms with van der Waals surface area (Å²) in [7, 11) is -3.08. The van der Waals surface area contributed by atoms with Crippen LogP contribution in [0.4, 0.5) is 0 Å². The first-order valence-electron chi connectivity index (χ1n) is 12.3. The van der Waals surface area contributed by atoms with Crippen LogP contribution in [-0.4, -0.2) is 70.1 Å². The van der Waals surface area contributed by atoms with Gasteiger partial charge in [-0.05, 0) is 50.7 Å². The molecule has 3 aliphatic heterocycles. The van der Waals surface area contributed by atoms with Crippen LogP contribution in [0, 0.1) is 0 Å².